The third-order valence-corrected chi connectivity index (χ3v) is 10.7. The van der Waals surface area contributed by atoms with Gasteiger partial charge in [0.25, 0.3) is 10.0 Å². The van der Waals surface area contributed by atoms with E-state index in [4.69, 9.17) is 9.73 Å². The Morgan fingerprint density at radius 2 is 2.00 bits per heavy atom. The third-order valence-electron chi connectivity index (χ3n) is 6.29. The number of para-hydroxylation sites is 1. The lowest BCUT2D eigenvalue weighted by Crippen LogP contribution is -2.46. The highest BCUT2D eigenvalue weighted by molar-refractivity contribution is 8.15. The van der Waals surface area contributed by atoms with E-state index in [0.717, 1.165) is 54.2 Å². The van der Waals surface area contributed by atoms with Crippen molar-refractivity contribution in [1.82, 2.24) is 9.88 Å². The number of ether oxygens (including phenoxy) is 1. The van der Waals surface area contributed by atoms with Gasteiger partial charge in [-0.15, -0.1) is 11.3 Å². The fourth-order valence-electron chi connectivity index (χ4n) is 4.70. The summed E-state index contributed by atoms with van der Waals surface area (Å²) in [5.41, 5.74) is 2.39. The molecule has 3 aromatic rings. The van der Waals surface area contributed by atoms with Crippen LogP contribution in [0, 0.1) is 0 Å². The molecule has 1 fully saturated rings. The first kappa shape index (κ1) is 23.9. The van der Waals surface area contributed by atoms with E-state index in [-0.39, 0.29) is 12.2 Å². The van der Waals surface area contributed by atoms with Crippen LogP contribution < -0.4 is 4.31 Å². The summed E-state index contributed by atoms with van der Waals surface area (Å²) >= 11 is 3.04. The summed E-state index contributed by atoms with van der Waals surface area (Å²) in [6.45, 7) is 8.12. The summed E-state index contributed by atoms with van der Waals surface area (Å²) in [5.74, 6) is 0. The number of morpholine rings is 1. The van der Waals surface area contributed by atoms with Crippen LogP contribution in [-0.2, 0) is 14.8 Å². The van der Waals surface area contributed by atoms with Gasteiger partial charge < -0.3 is 9.72 Å². The number of hydrogen-bond donors (Lipinski definition) is 1. The summed E-state index contributed by atoms with van der Waals surface area (Å²) in [7, 11) is -2.00. The van der Waals surface area contributed by atoms with Crippen LogP contribution in [0.15, 0.2) is 51.0 Å². The summed E-state index contributed by atoms with van der Waals surface area (Å²) in [5, 5.41) is 4.21. The van der Waals surface area contributed by atoms with E-state index in [0.29, 0.717) is 15.1 Å². The van der Waals surface area contributed by atoms with E-state index >= 15 is 0 Å². The Balaban J connectivity index is 1.29. The third kappa shape index (κ3) is 4.79. The van der Waals surface area contributed by atoms with Crippen LogP contribution in [-0.4, -0.2) is 74.0 Å². The van der Waals surface area contributed by atoms with Crippen molar-refractivity contribution in [2.24, 2.45) is 4.99 Å². The SMILES string of the molecule is C[C@@H]1CN(CCC2CN=C(c3cc4cccc(N(C)S(=O)(=O)c5cccs5)c4[nH]3)S2)C[C@H](C)O1. The number of fused-ring (bicyclic) bond motifs is 1. The second kappa shape index (κ2) is 9.66. The Morgan fingerprint density at radius 1 is 1.21 bits per heavy atom. The number of nitrogens with one attached hydrogen (secondary N) is 1. The molecule has 1 unspecified atom stereocenters. The number of aromatic amines is 1. The molecule has 0 saturated carbocycles. The van der Waals surface area contributed by atoms with E-state index in [1.807, 2.05) is 30.0 Å². The van der Waals surface area contributed by atoms with Crippen LogP contribution in [0.1, 0.15) is 26.0 Å². The predicted molar refractivity (Wildman–Crippen MR) is 142 cm³/mol. The normalized spacial score (nSPS) is 24.0. The van der Waals surface area contributed by atoms with Gasteiger partial charge in [0.05, 0.1) is 35.7 Å². The highest BCUT2D eigenvalue weighted by Crippen LogP contribution is 2.34. The first-order valence-electron chi connectivity index (χ1n) is 11.5. The monoisotopic (exact) mass is 518 g/mol. The number of hydrogen-bond acceptors (Lipinski definition) is 7. The molecule has 182 valence electrons. The van der Waals surface area contributed by atoms with Crippen LogP contribution in [0.25, 0.3) is 10.9 Å². The molecule has 1 aromatic carbocycles. The average Bonchev–Trinajstić information content (AvgIpc) is 3.56. The van der Waals surface area contributed by atoms with Gasteiger partial charge in [-0.05, 0) is 50.4 Å². The number of aliphatic imine (C=N–C) groups is 1. The summed E-state index contributed by atoms with van der Waals surface area (Å²) in [6, 6.07) is 11.2. The van der Waals surface area contributed by atoms with E-state index in [1.54, 1.807) is 24.6 Å². The first-order valence-corrected chi connectivity index (χ1v) is 14.7. The molecular formula is C24H30N4O3S3. The van der Waals surface area contributed by atoms with E-state index in [1.165, 1.54) is 15.6 Å². The number of aromatic nitrogens is 1. The fourth-order valence-corrected chi connectivity index (χ4v) is 8.14. The predicted octanol–water partition coefficient (Wildman–Crippen LogP) is 4.42. The Labute approximate surface area is 209 Å². The smallest absolute Gasteiger partial charge is 0.273 e. The maximum atomic E-state index is 13.1. The van der Waals surface area contributed by atoms with Crippen molar-refractivity contribution in [3.05, 3.63) is 47.5 Å². The van der Waals surface area contributed by atoms with E-state index in [2.05, 4.69) is 29.8 Å². The number of thiophene rings is 1. The van der Waals surface area contributed by atoms with E-state index in [9.17, 15) is 8.42 Å². The van der Waals surface area contributed by atoms with Gasteiger partial charge >= 0.3 is 0 Å². The van der Waals surface area contributed by atoms with Crippen molar-refractivity contribution in [2.75, 3.05) is 37.5 Å². The zero-order chi connectivity index (χ0) is 23.9. The Kier molecular flexibility index (Phi) is 6.78. The van der Waals surface area contributed by atoms with Crippen molar-refractivity contribution in [2.45, 2.75) is 41.9 Å². The van der Waals surface area contributed by atoms with Gasteiger partial charge in [0.1, 0.15) is 9.25 Å². The minimum atomic E-state index is -3.60. The van der Waals surface area contributed by atoms with Crippen molar-refractivity contribution in [3.8, 4) is 0 Å². The van der Waals surface area contributed by atoms with Gasteiger partial charge in [-0.25, -0.2) is 8.42 Å². The molecule has 2 aliphatic heterocycles. The first-order chi connectivity index (χ1) is 16.3. The molecule has 2 aromatic heterocycles. The molecule has 0 spiro atoms. The maximum Gasteiger partial charge on any atom is 0.273 e. The molecule has 0 radical (unpaired) electrons. The molecule has 0 aliphatic carbocycles. The molecule has 4 heterocycles. The standard InChI is InChI=1S/C24H30N4O3S3/c1-16-14-28(15-17(2)31-16)10-9-19-13-25-24(33-19)20-12-18-6-4-7-21(23(18)26-20)27(3)34(29,30)22-8-5-11-32-22/h4-8,11-12,16-17,19,26H,9-10,13-15H2,1-3H3/t16-,17+,19?. The van der Waals surface area contributed by atoms with Gasteiger partial charge in [-0.3, -0.25) is 14.2 Å². The number of nitrogens with zero attached hydrogens (tertiary/aromatic N) is 3. The van der Waals surface area contributed by atoms with Crippen molar-refractivity contribution < 1.29 is 13.2 Å². The molecule has 34 heavy (non-hydrogen) atoms. The Hall–Kier alpha value is -1.85. The second-order valence-corrected chi connectivity index (χ2v) is 13.5. The molecule has 0 bridgehead atoms. The Bertz CT molecular complexity index is 1280. The highest BCUT2D eigenvalue weighted by Gasteiger charge is 2.27. The topological polar surface area (TPSA) is 78.0 Å². The van der Waals surface area contributed by atoms with Gasteiger partial charge in [-0.2, -0.15) is 0 Å². The van der Waals surface area contributed by atoms with Crippen molar-refractivity contribution in [1.29, 1.82) is 0 Å². The summed E-state index contributed by atoms with van der Waals surface area (Å²) in [4.78, 5) is 10.8. The van der Waals surface area contributed by atoms with Gasteiger partial charge in [0.15, 0.2) is 0 Å². The van der Waals surface area contributed by atoms with Crippen LogP contribution in [0.2, 0.25) is 0 Å². The molecule has 1 saturated heterocycles. The molecule has 10 heteroatoms. The van der Waals surface area contributed by atoms with Gasteiger partial charge in [0.2, 0.25) is 0 Å². The fraction of sp³-hybridized carbons (Fsp3) is 0.458. The number of H-pyrrole nitrogens is 1. The van der Waals surface area contributed by atoms with Crippen LogP contribution in [0.4, 0.5) is 5.69 Å². The lowest BCUT2D eigenvalue weighted by atomic mass is 10.2. The molecule has 1 N–H and O–H groups in total. The van der Waals surface area contributed by atoms with Crippen molar-refractivity contribution >= 4 is 54.8 Å². The molecule has 0 amide bonds. The zero-order valence-corrected chi connectivity index (χ0v) is 22.0. The lowest BCUT2D eigenvalue weighted by molar-refractivity contribution is -0.0680. The number of rotatable bonds is 7. The summed E-state index contributed by atoms with van der Waals surface area (Å²) in [6.07, 6.45) is 1.66. The molecule has 7 nitrogen and oxygen atoms in total. The number of anilines is 1. The van der Waals surface area contributed by atoms with Crippen molar-refractivity contribution in [3.63, 3.8) is 0 Å². The van der Waals surface area contributed by atoms with Gasteiger partial charge in [-0.1, -0.05) is 30.0 Å². The minimum absolute atomic E-state index is 0.286. The van der Waals surface area contributed by atoms with E-state index < -0.39 is 10.0 Å². The number of benzene rings is 1. The van der Waals surface area contributed by atoms with Crippen LogP contribution in [0.5, 0.6) is 0 Å². The van der Waals surface area contributed by atoms with Crippen LogP contribution >= 0.6 is 23.1 Å². The molecule has 5 rings (SSSR count). The summed E-state index contributed by atoms with van der Waals surface area (Å²) < 4.78 is 33.7. The number of thioether (sulfide) groups is 1. The minimum Gasteiger partial charge on any atom is -0.373 e. The van der Waals surface area contributed by atoms with Gasteiger partial charge in [0, 0.05) is 30.8 Å². The lowest BCUT2D eigenvalue weighted by Gasteiger charge is -2.35. The quantitative estimate of drug-likeness (QED) is 0.501. The van der Waals surface area contributed by atoms with Crippen LogP contribution in [0.3, 0.4) is 0 Å². The average molecular weight is 519 g/mol. The second-order valence-electron chi connectivity index (χ2n) is 9.02. The molecule has 2 aliphatic rings. The number of sulfonamides is 1. The largest absolute Gasteiger partial charge is 0.373 e. The molecular weight excluding hydrogens is 488 g/mol. The maximum absolute atomic E-state index is 13.1. The Morgan fingerprint density at radius 3 is 2.74 bits per heavy atom. The molecule has 3 atom stereocenters. The zero-order valence-electron chi connectivity index (χ0n) is 19.6. The highest BCUT2D eigenvalue weighted by atomic mass is 32.2.